The van der Waals surface area contributed by atoms with Gasteiger partial charge in [0.25, 0.3) is 0 Å². The third-order valence-electron chi connectivity index (χ3n) is 5.41. The van der Waals surface area contributed by atoms with Crippen molar-refractivity contribution >= 4 is 5.91 Å². The first-order chi connectivity index (χ1) is 10.7. The average Bonchev–Trinajstić information content (AvgIpc) is 2.87. The Morgan fingerprint density at radius 1 is 1.09 bits per heavy atom. The smallest absolute Gasteiger partial charge is 0.226 e. The van der Waals surface area contributed by atoms with Gasteiger partial charge in [-0.05, 0) is 48.4 Å². The first-order valence-corrected chi connectivity index (χ1v) is 7.95. The summed E-state index contributed by atoms with van der Waals surface area (Å²) < 4.78 is 10.9. The predicted octanol–water partition coefficient (Wildman–Crippen LogP) is 2.73. The van der Waals surface area contributed by atoms with E-state index in [0.29, 0.717) is 11.8 Å². The number of rotatable bonds is 2. The Kier molecular flexibility index (Phi) is 3.13. The van der Waals surface area contributed by atoms with Gasteiger partial charge in [-0.15, -0.1) is 0 Å². The predicted molar refractivity (Wildman–Crippen MR) is 83.1 cm³/mol. The zero-order valence-electron chi connectivity index (χ0n) is 13.0. The molecule has 22 heavy (non-hydrogen) atoms. The second-order valence-electron chi connectivity index (χ2n) is 6.35. The molecule has 3 aliphatic rings. The van der Waals surface area contributed by atoms with Gasteiger partial charge < -0.3 is 14.4 Å². The van der Waals surface area contributed by atoms with Crippen LogP contribution in [-0.2, 0) is 11.2 Å². The number of fused-ring (bicyclic) bond motifs is 5. The molecule has 1 amide bonds. The van der Waals surface area contributed by atoms with Gasteiger partial charge in [0.15, 0.2) is 11.5 Å². The molecule has 0 saturated carbocycles. The highest BCUT2D eigenvalue weighted by Gasteiger charge is 2.50. The SMILES string of the molecule is COc1cc2c(cc1OC)[C@@H]1[C@H]3CC=CC[C@H]3C(=O)N1CC2. The first kappa shape index (κ1) is 13.7. The van der Waals surface area contributed by atoms with Gasteiger partial charge in [0.1, 0.15) is 0 Å². The fourth-order valence-corrected chi connectivity index (χ4v) is 4.37. The monoisotopic (exact) mass is 299 g/mol. The summed E-state index contributed by atoms with van der Waals surface area (Å²) in [5.41, 5.74) is 2.54. The number of carbonyl (C=O) groups excluding carboxylic acids is 1. The molecule has 2 heterocycles. The molecule has 1 aromatic rings. The number of amides is 1. The van der Waals surface area contributed by atoms with Crippen LogP contribution < -0.4 is 9.47 Å². The lowest BCUT2D eigenvalue weighted by molar-refractivity contribution is -0.132. The summed E-state index contributed by atoms with van der Waals surface area (Å²) in [5.74, 6) is 2.42. The van der Waals surface area contributed by atoms with Crippen molar-refractivity contribution in [2.45, 2.75) is 25.3 Å². The number of ether oxygens (including phenoxy) is 2. The van der Waals surface area contributed by atoms with E-state index in [-0.39, 0.29) is 12.0 Å². The summed E-state index contributed by atoms with van der Waals surface area (Å²) in [4.78, 5) is 14.8. The second kappa shape index (κ2) is 5.04. The Hall–Kier alpha value is -1.97. The summed E-state index contributed by atoms with van der Waals surface area (Å²) in [6, 6.07) is 4.37. The van der Waals surface area contributed by atoms with E-state index in [1.807, 2.05) is 0 Å². The number of carbonyl (C=O) groups is 1. The Morgan fingerprint density at radius 3 is 2.59 bits per heavy atom. The molecular weight excluding hydrogens is 278 g/mol. The molecule has 1 saturated heterocycles. The minimum absolute atomic E-state index is 0.161. The van der Waals surface area contributed by atoms with Gasteiger partial charge in [-0.1, -0.05) is 12.2 Å². The van der Waals surface area contributed by atoms with Crippen molar-refractivity contribution in [2.75, 3.05) is 20.8 Å². The third-order valence-corrected chi connectivity index (χ3v) is 5.41. The van der Waals surface area contributed by atoms with E-state index in [1.165, 1.54) is 11.1 Å². The highest BCUT2D eigenvalue weighted by atomic mass is 16.5. The summed E-state index contributed by atoms with van der Waals surface area (Å²) in [6.45, 7) is 0.818. The Labute approximate surface area is 130 Å². The summed E-state index contributed by atoms with van der Waals surface area (Å²) >= 11 is 0. The maximum Gasteiger partial charge on any atom is 0.226 e. The van der Waals surface area contributed by atoms with Crippen LogP contribution in [0.1, 0.15) is 30.0 Å². The van der Waals surface area contributed by atoms with E-state index < -0.39 is 0 Å². The van der Waals surface area contributed by atoms with Crippen molar-refractivity contribution in [1.29, 1.82) is 0 Å². The number of hydrogen-bond donors (Lipinski definition) is 0. The highest BCUT2D eigenvalue weighted by Crippen LogP contribution is 2.51. The molecule has 1 fully saturated rings. The molecule has 1 aliphatic carbocycles. The molecule has 0 bridgehead atoms. The molecule has 3 atom stereocenters. The number of hydrogen-bond acceptors (Lipinski definition) is 3. The number of nitrogens with zero attached hydrogens (tertiary/aromatic N) is 1. The van der Waals surface area contributed by atoms with Crippen molar-refractivity contribution < 1.29 is 14.3 Å². The molecule has 0 aromatic heterocycles. The van der Waals surface area contributed by atoms with Crippen molar-refractivity contribution in [1.82, 2.24) is 4.90 Å². The van der Waals surface area contributed by atoms with E-state index >= 15 is 0 Å². The summed E-state index contributed by atoms with van der Waals surface area (Å²) in [7, 11) is 3.33. The summed E-state index contributed by atoms with van der Waals surface area (Å²) in [6.07, 6.45) is 7.16. The fraction of sp³-hybridized carbons (Fsp3) is 0.500. The lowest BCUT2D eigenvalue weighted by atomic mass is 9.78. The summed E-state index contributed by atoms with van der Waals surface area (Å²) in [5, 5.41) is 0. The quantitative estimate of drug-likeness (QED) is 0.788. The van der Waals surface area contributed by atoms with Gasteiger partial charge in [-0.2, -0.15) is 0 Å². The van der Waals surface area contributed by atoms with Gasteiger partial charge >= 0.3 is 0 Å². The van der Waals surface area contributed by atoms with Crippen LogP contribution in [-0.4, -0.2) is 31.6 Å². The van der Waals surface area contributed by atoms with Gasteiger partial charge in [-0.3, -0.25) is 4.79 Å². The van der Waals surface area contributed by atoms with Crippen LogP contribution in [0.25, 0.3) is 0 Å². The zero-order valence-corrected chi connectivity index (χ0v) is 13.0. The molecular formula is C18H21NO3. The maximum absolute atomic E-state index is 12.7. The van der Waals surface area contributed by atoms with Crippen molar-refractivity contribution in [3.8, 4) is 11.5 Å². The van der Waals surface area contributed by atoms with Gasteiger partial charge in [-0.25, -0.2) is 0 Å². The van der Waals surface area contributed by atoms with Crippen LogP contribution in [0.2, 0.25) is 0 Å². The minimum Gasteiger partial charge on any atom is -0.493 e. The molecule has 4 nitrogen and oxygen atoms in total. The fourth-order valence-electron chi connectivity index (χ4n) is 4.37. The standard InChI is InChI=1S/C18H21NO3/c1-21-15-9-11-7-8-19-17(14(11)10-16(15)22-2)12-5-3-4-6-13(12)18(19)20/h3-4,9-10,12-13,17H,5-8H2,1-2H3/t12-,13+,17-/m0/s1. The molecule has 0 spiro atoms. The van der Waals surface area contributed by atoms with Crippen LogP contribution in [0.15, 0.2) is 24.3 Å². The number of allylic oxidation sites excluding steroid dienone is 2. The zero-order chi connectivity index (χ0) is 15.3. The molecule has 1 aromatic carbocycles. The van der Waals surface area contributed by atoms with Gasteiger partial charge in [0.05, 0.1) is 20.3 Å². The Balaban J connectivity index is 1.82. The maximum atomic E-state index is 12.7. The van der Waals surface area contributed by atoms with Crippen molar-refractivity contribution in [3.63, 3.8) is 0 Å². The minimum atomic E-state index is 0.161. The Bertz CT molecular complexity index is 652. The number of benzene rings is 1. The average molecular weight is 299 g/mol. The van der Waals surface area contributed by atoms with E-state index in [2.05, 4.69) is 29.2 Å². The molecule has 116 valence electrons. The largest absolute Gasteiger partial charge is 0.493 e. The van der Waals surface area contributed by atoms with Crippen LogP contribution in [0.4, 0.5) is 0 Å². The first-order valence-electron chi connectivity index (χ1n) is 7.95. The van der Waals surface area contributed by atoms with Crippen LogP contribution in [0, 0.1) is 11.8 Å². The molecule has 0 radical (unpaired) electrons. The van der Waals surface area contributed by atoms with Crippen LogP contribution in [0.3, 0.4) is 0 Å². The topological polar surface area (TPSA) is 38.8 Å². The Morgan fingerprint density at radius 2 is 1.82 bits per heavy atom. The van der Waals surface area contributed by atoms with Crippen LogP contribution in [0.5, 0.6) is 11.5 Å². The molecule has 2 aliphatic heterocycles. The molecule has 4 rings (SSSR count). The molecule has 4 heteroatoms. The molecule has 0 unspecified atom stereocenters. The van der Waals surface area contributed by atoms with Gasteiger partial charge in [0.2, 0.25) is 5.91 Å². The molecule has 0 N–H and O–H groups in total. The lowest BCUT2D eigenvalue weighted by Gasteiger charge is -2.35. The van der Waals surface area contributed by atoms with E-state index in [1.54, 1.807) is 14.2 Å². The second-order valence-corrected chi connectivity index (χ2v) is 6.35. The van der Waals surface area contributed by atoms with Crippen LogP contribution >= 0.6 is 0 Å². The van der Waals surface area contributed by atoms with Gasteiger partial charge in [0, 0.05) is 12.5 Å². The van der Waals surface area contributed by atoms with Crippen molar-refractivity contribution in [3.05, 3.63) is 35.4 Å². The number of methoxy groups -OCH3 is 2. The highest BCUT2D eigenvalue weighted by molar-refractivity contribution is 5.83. The normalized spacial score (nSPS) is 28.9. The van der Waals surface area contributed by atoms with E-state index in [4.69, 9.17) is 9.47 Å². The van der Waals surface area contributed by atoms with Crippen molar-refractivity contribution in [2.24, 2.45) is 11.8 Å². The van der Waals surface area contributed by atoms with E-state index in [9.17, 15) is 4.79 Å². The third kappa shape index (κ3) is 1.79. The van der Waals surface area contributed by atoms with E-state index in [0.717, 1.165) is 37.3 Å². The lowest BCUT2D eigenvalue weighted by Crippen LogP contribution is -2.35.